The number of benzene rings is 2. The number of hydrogen-bond donors (Lipinski definition) is 3. The first-order chi connectivity index (χ1) is 12.7. The van der Waals surface area contributed by atoms with E-state index in [2.05, 4.69) is 25.5 Å². The Hall–Kier alpha value is -3.61. The predicted octanol–water partition coefficient (Wildman–Crippen LogP) is 3.50. The molecule has 7 heteroatoms. The average molecular weight is 347 g/mol. The highest BCUT2D eigenvalue weighted by Crippen LogP contribution is 2.27. The van der Waals surface area contributed by atoms with Gasteiger partial charge in [0.05, 0.1) is 16.7 Å². The predicted molar refractivity (Wildman–Crippen MR) is 98.2 cm³/mol. The molecule has 0 fully saturated rings. The molecule has 0 unspecified atom stereocenters. The first-order valence-corrected chi connectivity index (χ1v) is 8.28. The fourth-order valence-corrected chi connectivity index (χ4v) is 2.66. The summed E-state index contributed by atoms with van der Waals surface area (Å²) in [5.41, 5.74) is 3.45. The van der Waals surface area contributed by atoms with Crippen molar-refractivity contribution in [3.05, 3.63) is 60.6 Å². The number of ether oxygens (including phenoxy) is 1. The Morgan fingerprint density at radius 2 is 1.92 bits per heavy atom. The van der Waals surface area contributed by atoms with E-state index >= 15 is 0 Å². The summed E-state index contributed by atoms with van der Waals surface area (Å²) >= 11 is 0. The molecule has 4 aromatic rings. The fourth-order valence-electron chi connectivity index (χ4n) is 2.66. The number of aromatic nitrogens is 4. The smallest absolute Gasteiger partial charge is 0.287 e. The molecule has 130 valence electrons. The van der Waals surface area contributed by atoms with E-state index in [-0.39, 0.29) is 5.91 Å². The maximum atomic E-state index is 11.9. The number of imidazole rings is 1. The molecule has 0 aliphatic rings. The molecule has 2 aromatic carbocycles. The number of nitrogens with one attached hydrogen (secondary N) is 3. The van der Waals surface area contributed by atoms with Crippen LogP contribution in [0, 0.1) is 0 Å². The first-order valence-electron chi connectivity index (χ1n) is 8.28. The van der Waals surface area contributed by atoms with Crippen LogP contribution in [0.25, 0.3) is 22.3 Å². The molecule has 0 atom stereocenters. The summed E-state index contributed by atoms with van der Waals surface area (Å²) in [7, 11) is 0. The number of hydrogen-bond acceptors (Lipinski definition) is 4. The topological polar surface area (TPSA) is 95.7 Å². The van der Waals surface area contributed by atoms with E-state index in [4.69, 9.17) is 4.74 Å². The minimum absolute atomic E-state index is 0.222. The largest absolute Gasteiger partial charge is 0.457 e. The summed E-state index contributed by atoms with van der Waals surface area (Å²) in [6, 6.07) is 15.1. The molecule has 4 rings (SSSR count). The van der Waals surface area contributed by atoms with Gasteiger partial charge in [-0.15, -0.1) is 0 Å². The van der Waals surface area contributed by atoms with Crippen LogP contribution in [0.15, 0.2) is 54.7 Å². The van der Waals surface area contributed by atoms with Crippen molar-refractivity contribution in [1.29, 1.82) is 0 Å². The van der Waals surface area contributed by atoms with E-state index in [9.17, 15) is 4.79 Å². The van der Waals surface area contributed by atoms with E-state index in [1.54, 1.807) is 6.20 Å². The molecule has 0 aliphatic carbocycles. The molecule has 2 heterocycles. The summed E-state index contributed by atoms with van der Waals surface area (Å²) in [6.45, 7) is 2.42. The standard InChI is InChI=1S/C19H17N5O2/c1-2-20-19(25)18-22-16-8-7-14(11-17(16)23-18)26-13-5-3-12(4-6-13)15-9-10-21-24-15/h3-11H,2H2,1H3,(H,20,25)(H,21,24)(H,22,23). The third kappa shape index (κ3) is 3.14. The lowest BCUT2D eigenvalue weighted by Gasteiger charge is -2.06. The Balaban J connectivity index is 1.54. The second kappa shape index (κ2) is 6.72. The van der Waals surface area contributed by atoms with E-state index in [1.807, 2.05) is 55.5 Å². The number of aromatic amines is 2. The van der Waals surface area contributed by atoms with Crippen LogP contribution in [0.2, 0.25) is 0 Å². The van der Waals surface area contributed by atoms with Crippen molar-refractivity contribution in [3.63, 3.8) is 0 Å². The highest BCUT2D eigenvalue weighted by molar-refractivity contribution is 5.94. The van der Waals surface area contributed by atoms with Crippen LogP contribution in [0.4, 0.5) is 0 Å². The molecule has 2 aromatic heterocycles. The molecule has 0 radical (unpaired) electrons. The van der Waals surface area contributed by atoms with E-state index in [0.717, 1.165) is 22.5 Å². The zero-order chi connectivity index (χ0) is 17.9. The van der Waals surface area contributed by atoms with Crippen LogP contribution in [0.3, 0.4) is 0 Å². The van der Waals surface area contributed by atoms with Crippen molar-refractivity contribution in [2.45, 2.75) is 6.92 Å². The number of carbonyl (C=O) groups excluding carboxylic acids is 1. The maximum Gasteiger partial charge on any atom is 0.287 e. The van der Waals surface area contributed by atoms with Crippen molar-refractivity contribution >= 4 is 16.9 Å². The number of nitrogens with zero attached hydrogens (tertiary/aromatic N) is 2. The quantitative estimate of drug-likeness (QED) is 0.515. The molecule has 0 bridgehead atoms. The van der Waals surface area contributed by atoms with Crippen LogP contribution < -0.4 is 10.1 Å². The second-order valence-electron chi connectivity index (χ2n) is 5.72. The number of fused-ring (bicyclic) bond motifs is 1. The Labute approximate surface area is 149 Å². The van der Waals surface area contributed by atoms with Gasteiger partial charge in [0.25, 0.3) is 5.91 Å². The van der Waals surface area contributed by atoms with Gasteiger partial charge in [-0.2, -0.15) is 5.10 Å². The van der Waals surface area contributed by atoms with E-state index < -0.39 is 0 Å². The van der Waals surface area contributed by atoms with Crippen molar-refractivity contribution < 1.29 is 9.53 Å². The summed E-state index contributed by atoms with van der Waals surface area (Å²) in [5, 5.41) is 9.60. The molecule has 3 N–H and O–H groups in total. The summed E-state index contributed by atoms with van der Waals surface area (Å²) in [5.74, 6) is 1.46. The van der Waals surface area contributed by atoms with Gasteiger partial charge >= 0.3 is 0 Å². The van der Waals surface area contributed by atoms with Crippen LogP contribution in [0.1, 0.15) is 17.5 Å². The van der Waals surface area contributed by atoms with Gasteiger partial charge in [-0.3, -0.25) is 9.89 Å². The van der Waals surface area contributed by atoms with Gasteiger partial charge in [0.1, 0.15) is 11.5 Å². The number of rotatable bonds is 5. The molecule has 26 heavy (non-hydrogen) atoms. The molecule has 1 amide bonds. The van der Waals surface area contributed by atoms with Crippen molar-refractivity contribution in [1.82, 2.24) is 25.5 Å². The Bertz CT molecular complexity index is 1040. The zero-order valence-corrected chi connectivity index (χ0v) is 14.1. The van der Waals surface area contributed by atoms with Gasteiger partial charge in [0.2, 0.25) is 0 Å². The molecule has 0 saturated carbocycles. The van der Waals surface area contributed by atoms with Gasteiger partial charge in [-0.1, -0.05) is 0 Å². The first kappa shape index (κ1) is 15.9. The van der Waals surface area contributed by atoms with Crippen LogP contribution >= 0.6 is 0 Å². The number of amides is 1. The minimum atomic E-state index is -0.222. The van der Waals surface area contributed by atoms with Gasteiger partial charge in [0, 0.05) is 18.8 Å². The van der Waals surface area contributed by atoms with E-state index in [0.29, 0.717) is 23.6 Å². The normalized spacial score (nSPS) is 10.8. The lowest BCUT2D eigenvalue weighted by atomic mass is 10.1. The molecular formula is C19H17N5O2. The van der Waals surface area contributed by atoms with Gasteiger partial charge < -0.3 is 15.0 Å². The minimum Gasteiger partial charge on any atom is -0.457 e. The van der Waals surface area contributed by atoms with Gasteiger partial charge in [0.15, 0.2) is 5.82 Å². The van der Waals surface area contributed by atoms with Crippen LogP contribution in [-0.2, 0) is 0 Å². The van der Waals surface area contributed by atoms with Crippen molar-refractivity contribution in [2.75, 3.05) is 6.54 Å². The molecule has 0 spiro atoms. The summed E-state index contributed by atoms with van der Waals surface area (Å²) in [4.78, 5) is 19.2. The van der Waals surface area contributed by atoms with Crippen LogP contribution in [0.5, 0.6) is 11.5 Å². The highest BCUT2D eigenvalue weighted by atomic mass is 16.5. The second-order valence-corrected chi connectivity index (χ2v) is 5.72. The Morgan fingerprint density at radius 3 is 2.65 bits per heavy atom. The highest BCUT2D eigenvalue weighted by Gasteiger charge is 2.11. The van der Waals surface area contributed by atoms with Gasteiger partial charge in [-0.25, -0.2) is 4.98 Å². The zero-order valence-electron chi connectivity index (χ0n) is 14.1. The Kier molecular flexibility index (Phi) is 4.10. The SMILES string of the molecule is CCNC(=O)c1nc2ccc(Oc3ccc(-c4ccn[nH]4)cc3)cc2[nH]1. The van der Waals surface area contributed by atoms with Crippen molar-refractivity contribution in [2.24, 2.45) is 0 Å². The van der Waals surface area contributed by atoms with E-state index in [1.165, 1.54) is 0 Å². The molecular weight excluding hydrogens is 330 g/mol. The lowest BCUT2D eigenvalue weighted by Crippen LogP contribution is -2.23. The summed E-state index contributed by atoms with van der Waals surface area (Å²) in [6.07, 6.45) is 1.72. The van der Waals surface area contributed by atoms with Crippen LogP contribution in [-0.4, -0.2) is 32.6 Å². The average Bonchev–Trinajstić information content (AvgIpc) is 3.32. The third-order valence-corrected chi connectivity index (χ3v) is 3.91. The maximum absolute atomic E-state index is 11.9. The lowest BCUT2D eigenvalue weighted by molar-refractivity contribution is 0.0947. The number of carbonyl (C=O) groups is 1. The molecule has 0 saturated heterocycles. The Morgan fingerprint density at radius 1 is 1.12 bits per heavy atom. The molecule has 0 aliphatic heterocycles. The monoisotopic (exact) mass is 347 g/mol. The fraction of sp³-hybridized carbons (Fsp3) is 0.105. The van der Waals surface area contributed by atoms with Crippen molar-refractivity contribution in [3.8, 4) is 22.8 Å². The summed E-state index contributed by atoms with van der Waals surface area (Å²) < 4.78 is 5.90. The van der Waals surface area contributed by atoms with Gasteiger partial charge in [-0.05, 0) is 55.0 Å². The molecule has 7 nitrogen and oxygen atoms in total. The third-order valence-electron chi connectivity index (χ3n) is 3.91. The number of H-pyrrole nitrogens is 2.